The van der Waals surface area contributed by atoms with Crippen molar-refractivity contribution in [2.24, 2.45) is 0 Å². The Morgan fingerprint density at radius 1 is 1.38 bits per heavy atom. The first-order valence-electron chi connectivity index (χ1n) is 4.48. The molecule has 1 aromatic carbocycles. The van der Waals surface area contributed by atoms with Gasteiger partial charge in [-0.05, 0) is 24.6 Å². The molecule has 0 bridgehead atoms. The van der Waals surface area contributed by atoms with Gasteiger partial charge in [0.15, 0.2) is 14.0 Å². The number of benzene rings is 1. The Morgan fingerprint density at radius 2 is 1.81 bits per heavy atom. The number of hydrogen-bond acceptors (Lipinski definition) is 3. The van der Waals surface area contributed by atoms with Crippen LogP contribution in [0, 0.1) is 0 Å². The van der Waals surface area contributed by atoms with Gasteiger partial charge in [0.1, 0.15) is 6.10 Å². The van der Waals surface area contributed by atoms with Crippen molar-refractivity contribution in [3.63, 3.8) is 0 Å². The highest BCUT2D eigenvalue weighted by molar-refractivity contribution is 9.10. The molecule has 6 heteroatoms. The predicted molar refractivity (Wildman–Crippen MR) is 68.2 cm³/mol. The summed E-state index contributed by atoms with van der Waals surface area (Å²) >= 11 is 9.14. The number of aliphatic hydroxyl groups excluding tert-OH is 1. The van der Waals surface area contributed by atoms with Gasteiger partial charge < -0.3 is 5.11 Å². The third kappa shape index (κ3) is 2.77. The van der Waals surface area contributed by atoms with Gasteiger partial charge in [-0.15, -0.1) is 0 Å². The van der Waals surface area contributed by atoms with E-state index in [9.17, 15) is 13.5 Å². The van der Waals surface area contributed by atoms with Crippen molar-refractivity contribution in [3.05, 3.63) is 34.3 Å². The van der Waals surface area contributed by atoms with Gasteiger partial charge >= 0.3 is 0 Å². The van der Waals surface area contributed by atoms with Crippen molar-refractivity contribution in [2.45, 2.75) is 17.2 Å². The molecule has 0 saturated heterocycles. The van der Waals surface area contributed by atoms with Crippen molar-refractivity contribution in [3.8, 4) is 0 Å². The van der Waals surface area contributed by atoms with Crippen molar-refractivity contribution < 1.29 is 13.5 Å². The molecule has 0 aliphatic rings. The van der Waals surface area contributed by atoms with Gasteiger partial charge in [0, 0.05) is 10.7 Å². The van der Waals surface area contributed by atoms with E-state index in [1.165, 1.54) is 6.92 Å². The normalized spacial score (nSPS) is 17.8. The summed E-state index contributed by atoms with van der Waals surface area (Å²) in [5.41, 5.74) is 0.464. The second-order valence-corrected chi connectivity index (χ2v) is 8.03. The summed E-state index contributed by atoms with van der Waals surface area (Å²) < 4.78 is 22.0. The van der Waals surface area contributed by atoms with Crippen LogP contribution in [0.3, 0.4) is 0 Å². The lowest BCUT2D eigenvalue weighted by atomic mass is 10.1. The van der Waals surface area contributed by atoms with E-state index in [2.05, 4.69) is 15.9 Å². The van der Waals surface area contributed by atoms with Crippen LogP contribution >= 0.6 is 27.5 Å². The maximum atomic E-state index is 11.4. The topological polar surface area (TPSA) is 54.4 Å². The average molecular weight is 328 g/mol. The molecule has 16 heavy (non-hydrogen) atoms. The zero-order chi connectivity index (χ0) is 12.6. The average Bonchev–Trinajstić information content (AvgIpc) is 2.16. The van der Waals surface area contributed by atoms with Crippen LogP contribution in [-0.4, -0.2) is 24.0 Å². The highest BCUT2D eigenvalue weighted by Gasteiger charge is 2.41. The molecule has 90 valence electrons. The molecule has 0 amide bonds. The van der Waals surface area contributed by atoms with Crippen LogP contribution in [0.25, 0.3) is 0 Å². The Balaban J connectivity index is 3.12. The summed E-state index contributed by atoms with van der Waals surface area (Å²) in [4.78, 5) is 0. The van der Waals surface area contributed by atoms with E-state index in [4.69, 9.17) is 11.6 Å². The molecule has 0 fully saturated rings. The van der Waals surface area contributed by atoms with E-state index in [1.54, 1.807) is 24.3 Å². The monoisotopic (exact) mass is 326 g/mol. The number of rotatable bonds is 3. The zero-order valence-electron chi connectivity index (χ0n) is 8.81. The minimum Gasteiger partial charge on any atom is -0.385 e. The van der Waals surface area contributed by atoms with Crippen LogP contribution in [-0.2, 0) is 9.84 Å². The second kappa shape index (κ2) is 4.64. The van der Waals surface area contributed by atoms with Crippen molar-refractivity contribution in [1.29, 1.82) is 0 Å². The lowest BCUT2D eigenvalue weighted by molar-refractivity contribution is 0.163. The van der Waals surface area contributed by atoms with Crippen LogP contribution in [0.1, 0.15) is 18.6 Å². The van der Waals surface area contributed by atoms with E-state index < -0.39 is 20.1 Å². The van der Waals surface area contributed by atoms with E-state index in [-0.39, 0.29) is 0 Å². The fraction of sp³-hybridized carbons (Fsp3) is 0.400. The largest absolute Gasteiger partial charge is 0.385 e. The Bertz CT molecular complexity index is 467. The number of sulfone groups is 1. The zero-order valence-corrected chi connectivity index (χ0v) is 12.0. The standard InChI is InChI=1S/C10H12BrClO3S/c1-10(12,16(2,14)15)9(13)7-3-5-8(11)6-4-7/h3-6,9,13H,1-2H3/t9-,10-/m1/s1. The Morgan fingerprint density at radius 3 is 2.19 bits per heavy atom. The quantitative estimate of drug-likeness (QED) is 0.868. The summed E-state index contributed by atoms with van der Waals surface area (Å²) in [6.07, 6.45) is -0.264. The number of aliphatic hydroxyl groups is 1. The molecule has 0 heterocycles. The van der Waals surface area contributed by atoms with E-state index in [0.29, 0.717) is 5.56 Å². The number of hydrogen-bond donors (Lipinski definition) is 1. The molecule has 0 saturated carbocycles. The first-order chi connectivity index (χ1) is 7.16. The van der Waals surface area contributed by atoms with Gasteiger partial charge in [0.05, 0.1) is 0 Å². The first kappa shape index (κ1) is 14.0. The molecule has 1 aromatic rings. The Kier molecular flexibility index (Phi) is 4.05. The van der Waals surface area contributed by atoms with E-state index >= 15 is 0 Å². The maximum Gasteiger partial charge on any atom is 0.172 e. The van der Waals surface area contributed by atoms with Gasteiger partial charge in [-0.25, -0.2) is 8.42 Å². The molecule has 0 aromatic heterocycles. The van der Waals surface area contributed by atoms with Crippen LogP contribution in [0.5, 0.6) is 0 Å². The van der Waals surface area contributed by atoms with E-state index in [0.717, 1.165) is 10.7 Å². The van der Waals surface area contributed by atoms with Gasteiger partial charge in [-0.1, -0.05) is 39.7 Å². The number of alkyl halides is 1. The molecule has 0 spiro atoms. The van der Waals surface area contributed by atoms with Gasteiger partial charge in [-0.2, -0.15) is 0 Å². The van der Waals surface area contributed by atoms with Crippen LogP contribution in [0.4, 0.5) is 0 Å². The highest BCUT2D eigenvalue weighted by atomic mass is 79.9. The van der Waals surface area contributed by atoms with Gasteiger partial charge in [-0.3, -0.25) is 0 Å². The molecule has 0 radical (unpaired) electrons. The van der Waals surface area contributed by atoms with Gasteiger partial charge in [0.2, 0.25) is 0 Å². The van der Waals surface area contributed by atoms with Crippen LogP contribution in [0.2, 0.25) is 0 Å². The molecule has 1 rings (SSSR count). The lowest BCUT2D eigenvalue weighted by Gasteiger charge is -2.26. The summed E-state index contributed by atoms with van der Waals surface area (Å²) in [6, 6.07) is 6.68. The minimum atomic E-state index is -3.56. The van der Waals surface area contributed by atoms with Crippen LogP contribution in [0.15, 0.2) is 28.7 Å². The van der Waals surface area contributed by atoms with Crippen LogP contribution < -0.4 is 0 Å². The van der Waals surface area contributed by atoms with Crippen molar-refractivity contribution in [2.75, 3.05) is 6.26 Å². The molecule has 3 nitrogen and oxygen atoms in total. The lowest BCUT2D eigenvalue weighted by Crippen LogP contribution is -2.35. The third-order valence-corrected chi connectivity index (χ3v) is 5.65. The highest BCUT2D eigenvalue weighted by Crippen LogP contribution is 2.36. The SMILES string of the molecule is C[C@](Cl)([C@H](O)c1ccc(Br)cc1)S(C)(=O)=O. The molecule has 0 aliphatic heterocycles. The maximum absolute atomic E-state index is 11.4. The fourth-order valence-corrected chi connectivity index (χ4v) is 2.08. The molecule has 0 aliphatic carbocycles. The molecule has 2 atom stereocenters. The molecule has 1 N–H and O–H groups in total. The van der Waals surface area contributed by atoms with Crippen molar-refractivity contribution >= 4 is 37.4 Å². The van der Waals surface area contributed by atoms with Crippen molar-refractivity contribution in [1.82, 2.24) is 0 Å². The Hall–Kier alpha value is -0.100. The Labute approximate surface area is 108 Å². The number of halogens is 2. The summed E-state index contributed by atoms with van der Waals surface area (Å²) in [5.74, 6) is 0. The molecular weight excluding hydrogens is 316 g/mol. The van der Waals surface area contributed by atoms with E-state index in [1.807, 2.05) is 0 Å². The minimum absolute atomic E-state index is 0.464. The molecule has 0 unspecified atom stereocenters. The summed E-state index contributed by atoms with van der Waals surface area (Å²) in [7, 11) is -3.56. The first-order valence-corrected chi connectivity index (χ1v) is 7.54. The third-order valence-electron chi connectivity index (χ3n) is 2.40. The van der Waals surface area contributed by atoms with Gasteiger partial charge in [0.25, 0.3) is 0 Å². The summed E-state index contributed by atoms with van der Waals surface area (Å²) in [5, 5.41) is 9.95. The fourth-order valence-electron chi connectivity index (χ4n) is 1.15. The predicted octanol–water partition coefficient (Wildman–Crippen LogP) is 2.48. The smallest absolute Gasteiger partial charge is 0.172 e. The second-order valence-electron chi connectivity index (χ2n) is 3.71. The molecular formula is C10H12BrClO3S. The summed E-state index contributed by atoms with van der Waals surface area (Å²) in [6.45, 7) is 1.29.